The molecule has 1 aliphatic rings. The molecule has 1 atom stereocenters. The van der Waals surface area contributed by atoms with Gasteiger partial charge in [0.05, 0.1) is 14.9 Å². The summed E-state index contributed by atoms with van der Waals surface area (Å²) < 4.78 is 2.05. The number of anilines is 1. The first-order chi connectivity index (χ1) is 13.0. The van der Waals surface area contributed by atoms with E-state index in [1.54, 1.807) is 12.3 Å². The molecule has 3 aromatic rings. The Morgan fingerprint density at radius 2 is 1.96 bits per heavy atom. The van der Waals surface area contributed by atoms with E-state index in [-0.39, 0.29) is 6.04 Å². The van der Waals surface area contributed by atoms with Gasteiger partial charge in [-0.2, -0.15) is 0 Å². The number of aromatic nitrogens is 3. The summed E-state index contributed by atoms with van der Waals surface area (Å²) in [5.41, 5.74) is 6.94. The van der Waals surface area contributed by atoms with Gasteiger partial charge in [-0.05, 0) is 37.8 Å². The fourth-order valence-electron chi connectivity index (χ4n) is 3.50. The fourth-order valence-corrected chi connectivity index (χ4v) is 4.90. The van der Waals surface area contributed by atoms with E-state index in [4.69, 9.17) is 33.9 Å². The second kappa shape index (κ2) is 7.87. The molecule has 4 rings (SSSR count). The van der Waals surface area contributed by atoms with Gasteiger partial charge in [-0.3, -0.25) is 4.40 Å². The second-order valence-corrected chi connectivity index (χ2v) is 8.75. The summed E-state index contributed by atoms with van der Waals surface area (Å²) in [7, 11) is 0. The molecule has 0 saturated carbocycles. The lowest BCUT2D eigenvalue weighted by molar-refractivity contribution is 0.352. The van der Waals surface area contributed by atoms with Crippen molar-refractivity contribution in [2.24, 2.45) is 11.7 Å². The van der Waals surface area contributed by atoms with E-state index in [9.17, 15) is 0 Å². The number of fused-ring (bicyclic) bond motifs is 1. The summed E-state index contributed by atoms with van der Waals surface area (Å²) >= 11 is 14.0. The van der Waals surface area contributed by atoms with Gasteiger partial charge < -0.3 is 10.6 Å². The Hall–Kier alpha value is -1.47. The third-order valence-electron chi connectivity index (χ3n) is 5.08. The largest absolute Gasteiger partial charge is 0.342 e. The van der Waals surface area contributed by atoms with E-state index in [1.165, 1.54) is 11.8 Å². The molecule has 142 valence electrons. The minimum Gasteiger partial charge on any atom is -0.342 e. The molecule has 8 heteroatoms. The Morgan fingerprint density at radius 1 is 1.19 bits per heavy atom. The van der Waals surface area contributed by atoms with Crippen LogP contribution in [0.25, 0.3) is 5.65 Å². The normalized spacial score (nSPS) is 16.8. The number of nitrogens with two attached hydrogens (primary N) is 1. The van der Waals surface area contributed by atoms with Gasteiger partial charge in [0.1, 0.15) is 0 Å². The summed E-state index contributed by atoms with van der Waals surface area (Å²) in [6.07, 6.45) is 7.81. The molecule has 2 aromatic heterocycles. The topological polar surface area (TPSA) is 59.5 Å². The standard InChI is InChI=1S/C19H21Cl2N5S/c1-12(22)13-5-8-25(9-6-13)19-24-11-16(18-23-7-10-26(18)19)27-15-4-2-3-14(20)17(15)21/h2-4,7,10-13H,5-6,8-9,22H2,1H3/t12-/m0/s1. The quantitative estimate of drug-likeness (QED) is 0.658. The lowest BCUT2D eigenvalue weighted by Crippen LogP contribution is -2.40. The first-order valence-electron chi connectivity index (χ1n) is 8.99. The van der Waals surface area contributed by atoms with Crippen molar-refractivity contribution in [3.8, 4) is 0 Å². The van der Waals surface area contributed by atoms with Crippen molar-refractivity contribution >= 4 is 46.6 Å². The third-order valence-corrected chi connectivity index (χ3v) is 7.07. The molecule has 5 nitrogen and oxygen atoms in total. The predicted molar refractivity (Wildman–Crippen MR) is 112 cm³/mol. The van der Waals surface area contributed by atoms with Crippen LogP contribution in [-0.4, -0.2) is 33.5 Å². The van der Waals surface area contributed by atoms with Crippen LogP contribution in [0.15, 0.2) is 46.6 Å². The first-order valence-corrected chi connectivity index (χ1v) is 10.6. The summed E-state index contributed by atoms with van der Waals surface area (Å²) in [5, 5.41) is 1.10. The number of nitrogens with zero attached hydrogens (tertiary/aromatic N) is 4. The molecule has 1 fully saturated rings. The molecule has 1 saturated heterocycles. The van der Waals surface area contributed by atoms with Crippen molar-refractivity contribution in [2.45, 2.75) is 35.6 Å². The highest BCUT2D eigenvalue weighted by Gasteiger charge is 2.24. The van der Waals surface area contributed by atoms with Crippen molar-refractivity contribution in [1.29, 1.82) is 0 Å². The Bertz CT molecular complexity index is 950. The number of imidazole rings is 1. The van der Waals surface area contributed by atoms with Gasteiger partial charge in [-0.15, -0.1) is 0 Å². The zero-order chi connectivity index (χ0) is 19.0. The minimum atomic E-state index is 0.245. The lowest BCUT2D eigenvalue weighted by atomic mass is 9.91. The SMILES string of the molecule is C[C@H](N)C1CCN(c2ncc(Sc3cccc(Cl)c3Cl)c3nccn23)CC1. The highest BCUT2D eigenvalue weighted by molar-refractivity contribution is 7.99. The van der Waals surface area contributed by atoms with Gasteiger partial charge in [-0.1, -0.05) is 41.0 Å². The molecule has 0 radical (unpaired) electrons. The van der Waals surface area contributed by atoms with Crippen molar-refractivity contribution in [1.82, 2.24) is 14.4 Å². The Kier molecular flexibility index (Phi) is 5.50. The van der Waals surface area contributed by atoms with Crippen molar-refractivity contribution in [2.75, 3.05) is 18.0 Å². The maximum absolute atomic E-state index is 6.34. The highest BCUT2D eigenvalue weighted by Crippen LogP contribution is 2.38. The van der Waals surface area contributed by atoms with Crippen molar-refractivity contribution in [3.63, 3.8) is 0 Å². The third kappa shape index (κ3) is 3.76. The maximum Gasteiger partial charge on any atom is 0.211 e. The highest BCUT2D eigenvalue weighted by atomic mass is 35.5. The molecule has 27 heavy (non-hydrogen) atoms. The predicted octanol–water partition coefficient (Wildman–Crippen LogP) is 4.75. The van der Waals surface area contributed by atoms with Crippen LogP contribution in [0.2, 0.25) is 10.0 Å². The fraction of sp³-hybridized carbons (Fsp3) is 0.368. The van der Waals surface area contributed by atoms with Crippen molar-refractivity contribution < 1.29 is 0 Å². The average Bonchev–Trinajstić information content (AvgIpc) is 3.16. The monoisotopic (exact) mass is 421 g/mol. The smallest absolute Gasteiger partial charge is 0.211 e. The number of piperidine rings is 1. The number of hydrogen-bond donors (Lipinski definition) is 1. The van der Waals surface area contributed by atoms with E-state index in [2.05, 4.69) is 16.8 Å². The first kappa shape index (κ1) is 18.9. The van der Waals surface area contributed by atoms with E-state index < -0.39 is 0 Å². The number of halogens is 2. The van der Waals surface area contributed by atoms with Gasteiger partial charge in [-0.25, -0.2) is 9.97 Å². The number of hydrogen-bond acceptors (Lipinski definition) is 5. The van der Waals surface area contributed by atoms with Gasteiger partial charge >= 0.3 is 0 Å². The molecule has 0 bridgehead atoms. The Balaban J connectivity index is 1.62. The van der Waals surface area contributed by atoms with Crippen LogP contribution in [0.3, 0.4) is 0 Å². The summed E-state index contributed by atoms with van der Waals surface area (Å²) in [6, 6.07) is 5.87. The molecule has 0 spiro atoms. The number of rotatable bonds is 4. The van der Waals surface area contributed by atoms with Crippen LogP contribution in [-0.2, 0) is 0 Å². The summed E-state index contributed by atoms with van der Waals surface area (Å²) in [6.45, 7) is 4.01. The molecule has 3 heterocycles. The average molecular weight is 422 g/mol. The van der Waals surface area contributed by atoms with Gasteiger partial charge in [0.15, 0.2) is 5.65 Å². The van der Waals surface area contributed by atoms with Gasteiger partial charge in [0.2, 0.25) is 5.95 Å². The van der Waals surface area contributed by atoms with E-state index in [0.29, 0.717) is 16.0 Å². The van der Waals surface area contributed by atoms with Crippen LogP contribution in [0, 0.1) is 5.92 Å². The molecule has 1 aliphatic heterocycles. The molecule has 0 aliphatic carbocycles. The zero-order valence-corrected chi connectivity index (χ0v) is 17.3. The van der Waals surface area contributed by atoms with Crippen LogP contribution >= 0.6 is 35.0 Å². The van der Waals surface area contributed by atoms with E-state index in [1.807, 2.05) is 28.9 Å². The summed E-state index contributed by atoms with van der Waals surface area (Å²) in [5.74, 6) is 1.51. The minimum absolute atomic E-state index is 0.245. The van der Waals surface area contributed by atoms with Gasteiger partial charge in [0, 0.05) is 42.6 Å². The Morgan fingerprint density at radius 3 is 2.70 bits per heavy atom. The van der Waals surface area contributed by atoms with Crippen molar-refractivity contribution in [3.05, 3.63) is 46.8 Å². The van der Waals surface area contributed by atoms with Crippen LogP contribution in [0.4, 0.5) is 5.95 Å². The molecular weight excluding hydrogens is 401 g/mol. The zero-order valence-electron chi connectivity index (χ0n) is 15.0. The molecule has 0 amide bonds. The van der Waals surface area contributed by atoms with Crippen LogP contribution < -0.4 is 10.6 Å². The number of benzene rings is 1. The lowest BCUT2D eigenvalue weighted by Gasteiger charge is -2.34. The molecule has 0 unspecified atom stereocenters. The Labute approximate surface area is 172 Å². The summed E-state index contributed by atoms with van der Waals surface area (Å²) in [4.78, 5) is 13.4. The van der Waals surface area contributed by atoms with Crippen LogP contribution in [0.1, 0.15) is 19.8 Å². The van der Waals surface area contributed by atoms with Gasteiger partial charge in [0.25, 0.3) is 0 Å². The molecule has 1 aromatic carbocycles. The second-order valence-electron chi connectivity index (χ2n) is 6.88. The van der Waals surface area contributed by atoms with E-state index >= 15 is 0 Å². The molecular formula is C19H21Cl2N5S. The van der Waals surface area contributed by atoms with E-state index in [0.717, 1.165) is 47.3 Å². The van der Waals surface area contributed by atoms with Crippen LogP contribution in [0.5, 0.6) is 0 Å². The maximum atomic E-state index is 6.34. The molecule has 2 N–H and O–H groups in total.